The Morgan fingerprint density at radius 2 is 0.823 bits per heavy atom. The second-order valence-corrected chi connectivity index (χ2v) is 15.6. The van der Waals surface area contributed by atoms with Crippen molar-refractivity contribution in [2.75, 3.05) is 0 Å². The van der Waals surface area contributed by atoms with Crippen LogP contribution < -0.4 is 0 Å². The molecule has 62 heavy (non-hydrogen) atoms. The van der Waals surface area contributed by atoms with Crippen LogP contribution in [0.5, 0.6) is 0 Å². The molecular formula is C54H32N6SU. The molecule has 8 aromatic carbocycles. The van der Waals surface area contributed by atoms with Gasteiger partial charge in [0.15, 0.2) is 29.1 Å². The van der Waals surface area contributed by atoms with E-state index < -0.39 is 0 Å². The van der Waals surface area contributed by atoms with Gasteiger partial charge in [-0.3, -0.25) is 0 Å². The smallest absolute Gasteiger partial charge is 0.249 e. The Balaban J connectivity index is 0.00000458. The number of thiophene rings is 1. The van der Waals surface area contributed by atoms with Gasteiger partial charge in [0.2, 0.25) is 0 Å². The van der Waals surface area contributed by atoms with Gasteiger partial charge in [-0.2, -0.15) is 42.0 Å². The number of hydrogen-bond donors (Lipinski definition) is 0. The van der Waals surface area contributed by atoms with Crippen molar-refractivity contribution in [1.82, 2.24) is 29.9 Å². The van der Waals surface area contributed by atoms with E-state index in [0.29, 0.717) is 34.9 Å². The summed E-state index contributed by atoms with van der Waals surface area (Å²) in [4.78, 5) is 30.3. The summed E-state index contributed by atoms with van der Waals surface area (Å²) in [5.74, 6) is 3.60. The molecule has 0 atom stereocenters. The van der Waals surface area contributed by atoms with Gasteiger partial charge in [-0.15, -0.1) is 29.5 Å². The van der Waals surface area contributed by atoms with Crippen LogP contribution >= 0.6 is 11.3 Å². The maximum absolute atomic E-state index is 5.23. The fraction of sp³-hybridized carbons (Fsp3) is 0. The Morgan fingerprint density at radius 3 is 1.44 bits per heavy atom. The Labute approximate surface area is 386 Å². The van der Waals surface area contributed by atoms with Crippen LogP contribution in [0.1, 0.15) is 0 Å². The molecule has 0 bridgehead atoms. The first-order valence-corrected chi connectivity index (χ1v) is 20.8. The fourth-order valence-electron chi connectivity index (χ4n) is 7.56. The summed E-state index contributed by atoms with van der Waals surface area (Å²) in [5.41, 5.74) is 9.33. The van der Waals surface area contributed by atoms with Gasteiger partial charge >= 0.3 is 31.1 Å². The van der Waals surface area contributed by atoms with Crippen LogP contribution in [-0.4, -0.2) is 29.9 Å². The minimum atomic E-state index is 0. The van der Waals surface area contributed by atoms with Gasteiger partial charge in [0.05, 0.1) is 5.82 Å². The zero-order valence-corrected chi connectivity index (χ0v) is 38.0. The van der Waals surface area contributed by atoms with Gasteiger partial charge in [-0.25, -0.2) is 35.5 Å². The molecule has 3 aromatic heterocycles. The quantitative estimate of drug-likeness (QED) is 0.141. The number of rotatable bonds is 8. The van der Waals surface area contributed by atoms with Crippen LogP contribution in [0, 0.1) is 43.2 Å². The first kappa shape index (κ1) is 39.2. The van der Waals surface area contributed by atoms with Crippen LogP contribution in [0.4, 0.5) is 0 Å². The van der Waals surface area contributed by atoms with Crippen molar-refractivity contribution in [1.29, 1.82) is 0 Å². The van der Waals surface area contributed by atoms with Crippen molar-refractivity contribution in [3.8, 4) is 90.6 Å². The topological polar surface area (TPSA) is 77.3 Å². The van der Waals surface area contributed by atoms with Crippen LogP contribution in [0.15, 0.2) is 194 Å². The summed E-state index contributed by atoms with van der Waals surface area (Å²) in [6.07, 6.45) is 0. The average Bonchev–Trinajstić information content (AvgIpc) is 3.73. The van der Waals surface area contributed by atoms with Crippen molar-refractivity contribution < 1.29 is 31.1 Å². The minimum absolute atomic E-state index is 0. The third kappa shape index (κ3) is 7.77. The molecule has 0 fully saturated rings. The van der Waals surface area contributed by atoms with E-state index in [4.69, 9.17) is 29.9 Å². The zero-order chi connectivity index (χ0) is 40.5. The summed E-state index contributed by atoms with van der Waals surface area (Å²) in [7, 11) is 0. The second-order valence-electron chi connectivity index (χ2n) is 14.5. The van der Waals surface area contributed by atoms with E-state index in [1.54, 1.807) is 11.3 Å². The number of aromatic nitrogens is 6. The summed E-state index contributed by atoms with van der Waals surface area (Å²) >= 11 is 1.75. The molecule has 11 aromatic rings. The van der Waals surface area contributed by atoms with Crippen LogP contribution in [0.25, 0.3) is 111 Å². The molecule has 0 aliphatic heterocycles. The Kier molecular flexibility index (Phi) is 10.9. The van der Waals surface area contributed by atoms with E-state index >= 15 is 0 Å². The van der Waals surface area contributed by atoms with E-state index in [1.165, 1.54) is 10.1 Å². The third-order valence-electron chi connectivity index (χ3n) is 10.6. The molecule has 0 N–H and O–H groups in total. The standard InChI is InChI=1S/C54H32N6S.U/c1-5-16-35(17-6-1)41-24-15-25-42(32-41)53-58-51(39-22-11-4-12-23-39)59-54(60-53)46-34-43(33-45-44-26-13-14-27-47(44)61-48(45)46)36-28-30-40(31-29-36)52-56-49(37-18-7-2-8-19-37)55-50(57-52)38-20-9-3-10-21-38;/h1-16,18-31,33-34H;/q-2;+2. The predicted molar refractivity (Wildman–Crippen MR) is 247 cm³/mol. The summed E-state index contributed by atoms with van der Waals surface area (Å²) in [5, 5.41) is 2.33. The Hall–Kier alpha value is -6.95. The van der Waals surface area contributed by atoms with Crippen LogP contribution in [0.2, 0.25) is 0 Å². The van der Waals surface area contributed by atoms with Gasteiger partial charge in [0.25, 0.3) is 0 Å². The monoisotopic (exact) mass is 1030 g/mol. The largest absolute Gasteiger partial charge is 2.00 e. The van der Waals surface area contributed by atoms with Crippen molar-refractivity contribution in [2.24, 2.45) is 0 Å². The SMILES string of the molecule is [U+2].[c-]1ccccc1-c1[c-]c(-c2nc(-c3ccccc3)nc(-c3cc(-c4ccc(-c5nc(-c6ccccc6)nc(-c6ccccc6)n5)cc4)cc4c3sc3ccccc34)n2)ccc1. The van der Waals surface area contributed by atoms with Gasteiger partial charge < -0.3 is 0 Å². The number of hydrogen-bond acceptors (Lipinski definition) is 7. The van der Waals surface area contributed by atoms with Crippen molar-refractivity contribution in [3.63, 3.8) is 0 Å². The van der Waals surface area contributed by atoms with Crippen LogP contribution in [-0.2, 0) is 0 Å². The number of nitrogens with zero attached hydrogens (tertiary/aromatic N) is 6. The normalized spacial score (nSPS) is 11.1. The Bertz CT molecular complexity index is 3290. The minimum Gasteiger partial charge on any atom is -0.249 e. The zero-order valence-electron chi connectivity index (χ0n) is 33.1. The van der Waals surface area contributed by atoms with E-state index in [2.05, 4.69) is 72.8 Å². The molecule has 0 spiro atoms. The number of fused-ring (bicyclic) bond motifs is 3. The molecule has 3 heterocycles. The molecule has 0 amide bonds. The second kappa shape index (κ2) is 17.2. The van der Waals surface area contributed by atoms with Crippen molar-refractivity contribution in [2.45, 2.75) is 0 Å². The molecule has 288 valence electrons. The first-order valence-electron chi connectivity index (χ1n) is 19.9. The first-order chi connectivity index (χ1) is 30.2. The molecule has 0 radical (unpaired) electrons. The van der Waals surface area contributed by atoms with Gasteiger partial charge in [0.1, 0.15) is 0 Å². The molecule has 0 aliphatic carbocycles. The molecule has 0 saturated heterocycles. The van der Waals surface area contributed by atoms with Crippen molar-refractivity contribution >= 4 is 31.5 Å². The molecular weight excluding hydrogens is 1000 g/mol. The van der Waals surface area contributed by atoms with E-state index in [0.717, 1.165) is 65.7 Å². The van der Waals surface area contributed by atoms with Crippen LogP contribution in [0.3, 0.4) is 0 Å². The summed E-state index contributed by atoms with van der Waals surface area (Å²) in [6.45, 7) is 0. The van der Waals surface area contributed by atoms with Crippen molar-refractivity contribution in [3.05, 3.63) is 206 Å². The number of benzene rings is 8. The molecule has 8 heteroatoms. The molecule has 11 rings (SSSR count). The molecule has 0 saturated carbocycles. The third-order valence-corrected chi connectivity index (χ3v) is 11.8. The molecule has 0 unspecified atom stereocenters. The predicted octanol–water partition coefficient (Wildman–Crippen LogP) is 13.4. The van der Waals surface area contributed by atoms with E-state index in [1.807, 2.05) is 133 Å². The van der Waals surface area contributed by atoms with Gasteiger partial charge in [-0.1, -0.05) is 139 Å². The van der Waals surface area contributed by atoms with Gasteiger partial charge in [-0.05, 0) is 29.3 Å². The maximum atomic E-state index is 5.23. The molecule has 0 aliphatic rings. The average molecular weight is 1030 g/mol. The molecule has 6 nitrogen and oxygen atoms in total. The summed E-state index contributed by atoms with van der Waals surface area (Å²) in [6, 6.07) is 72.6. The van der Waals surface area contributed by atoms with E-state index in [9.17, 15) is 0 Å². The summed E-state index contributed by atoms with van der Waals surface area (Å²) < 4.78 is 2.31. The fourth-order valence-corrected chi connectivity index (χ4v) is 8.75. The van der Waals surface area contributed by atoms with E-state index in [-0.39, 0.29) is 31.1 Å². The Morgan fingerprint density at radius 1 is 0.339 bits per heavy atom. The van der Waals surface area contributed by atoms with Gasteiger partial charge in [0, 0.05) is 48.0 Å². The maximum Gasteiger partial charge on any atom is 2.00 e.